The summed E-state index contributed by atoms with van der Waals surface area (Å²) in [4.78, 5) is 16.5. The topological polar surface area (TPSA) is 79.4 Å². The smallest absolute Gasteiger partial charge is 0.243 e. The molecule has 0 saturated carbocycles. The Morgan fingerprint density at radius 3 is 2.42 bits per heavy atom. The van der Waals surface area contributed by atoms with Gasteiger partial charge >= 0.3 is 0 Å². The van der Waals surface area contributed by atoms with Crippen LogP contribution in [0.15, 0.2) is 47.4 Å². The SMILES string of the molecule is CCC(C)c1ccc(S(=O)(=O)N(C)CC(=O)Nc2cccc(C)n2)cc1. The minimum Gasteiger partial charge on any atom is -0.310 e. The number of likely N-dealkylation sites (N-methyl/N-ethyl adjacent to an activating group) is 1. The van der Waals surface area contributed by atoms with Crippen molar-refractivity contribution in [2.24, 2.45) is 0 Å². The van der Waals surface area contributed by atoms with Crippen LogP contribution in [-0.4, -0.2) is 37.2 Å². The van der Waals surface area contributed by atoms with E-state index in [2.05, 4.69) is 24.1 Å². The van der Waals surface area contributed by atoms with E-state index in [1.54, 1.807) is 24.3 Å². The molecule has 2 rings (SSSR count). The third-order valence-electron chi connectivity index (χ3n) is 4.29. The third-order valence-corrected chi connectivity index (χ3v) is 6.11. The van der Waals surface area contributed by atoms with E-state index in [-0.39, 0.29) is 11.4 Å². The van der Waals surface area contributed by atoms with Crippen molar-refractivity contribution in [1.82, 2.24) is 9.29 Å². The number of carbonyl (C=O) groups is 1. The number of benzene rings is 1. The summed E-state index contributed by atoms with van der Waals surface area (Å²) >= 11 is 0. The van der Waals surface area contributed by atoms with Crippen LogP contribution in [0.1, 0.15) is 37.4 Å². The van der Waals surface area contributed by atoms with Gasteiger partial charge in [0.1, 0.15) is 5.82 Å². The molecule has 0 aliphatic carbocycles. The molecule has 0 spiro atoms. The van der Waals surface area contributed by atoms with Crippen LogP contribution in [0.5, 0.6) is 0 Å². The number of aromatic nitrogens is 1. The summed E-state index contributed by atoms with van der Waals surface area (Å²) in [6.07, 6.45) is 0.985. The first-order valence-electron chi connectivity index (χ1n) is 8.54. The maximum Gasteiger partial charge on any atom is 0.243 e. The second kappa shape index (κ2) is 8.42. The summed E-state index contributed by atoms with van der Waals surface area (Å²) in [5, 5.41) is 2.61. The molecule has 26 heavy (non-hydrogen) atoms. The average Bonchev–Trinajstić information content (AvgIpc) is 2.61. The number of pyridine rings is 1. The van der Waals surface area contributed by atoms with Crippen molar-refractivity contribution < 1.29 is 13.2 Å². The molecule has 1 aromatic heterocycles. The molecule has 2 aromatic rings. The van der Waals surface area contributed by atoms with Gasteiger partial charge in [0.25, 0.3) is 0 Å². The van der Waals surface area contributed by atoms with Gasteiger partial charge in [0.15, 0.2) is 0 Å². The number of rotatable bonds is 7. The van der Waals surface area contributed by atoms with E-state index in [1.165, 1.54) is 7.05 Å². The van der Waals surface area contributed by atoms with Crippen LogP contribution in [0.4, 0.5) is 5.82 Å². The maximum absolute atomic E-state index is 12.7. The summed E-state index contributed by atoms with van der Waals surface area (Å²) in [5.41, 5.74) is 1.86. The first-order valence-corrected chi connectivity index (χ1v) is 9.98. The lowest BCUT2D eigenvalue weighted by molar-refractivity contribution is -0.116. The summed E-state index contributed by atoms with van der Waals surface area (Å²) in [6, 6.07) is 12.1. The van der Waals surface area contributed by atoms with Gasteiger partial charge in [0.05, 0.1) is 11.4 Å². The molecule has 7 heteroatoms. The number of aryl methyl sites for hydroxylation is 1. The van der Waals surface area contributed by atoms with Crippen molar-refractivity contribution in [3.8, 4) is 0 Å². The van der Waals surface area contributed by atoms with E-state index < -0.39 is 15.9 Å². The number of hydrogen-bond acceptors (Lipinski definition) is 4. The van der Waals surface area contributed by atoms with E-state index in [0.717, 1.165) is 22.0 Å². The molecule has 1 aromatic carbocycles. The monoisotopic (exact) mass is 375 g/mol. The van der Waals surface area contributed by atoms with Gasteiger partial charge in [-0.1, -0.05) is 32.0 Å². The highest BCUT2D eigenvalue weighted by Crippen LogP contribution is 2.21. The van der Waals surface area contributed by atoms with Crippen LogP contribution in [0, 0.1) is 6.92 Å². The fourth-order valence-corrected chi connectivity index (χ4v) is 3.59. The number of anilines is 1. The van der Waals surface area contributed by atoms with Crippen LogP contribution in [0.3, 0.4) is 0 Å². The van der Waals surface area contributed by atoms with Crippen LogP contribution < -0.4 is 5.32 Å². The summed E-state index contributed by atoms with van der Waals surface area (Å²) < 4.78 is 26.3. The minimum atomic E-state index is -3.73. The largest absolute Gasteiger partial charge is 0.310 e. The van der Waals surface area contributed by atoms with Crippen molar-refractivity contribution in [1.29, 1.82) is 0 Å². The molecule has 1 unspecified atom stereocenters. The lowest BCUT2D eigenvalue weighted by Gasteiger charge is -2.17. The van der Waals surface area contributed by atoms with Gasteiger partial charge in [-0.3, -0.25) is 4.79 Å². The van der Waals surface area contributed by atoms with Gasteiger partial charge in [-0.25, -0.2) is 13.4 Å². The summed E-state index contributed by atoms with van der Waals surface area (Å²) in [7, 11) is -2.34. The highest BCUT2D eigenvalue weighted by Gasteiger charge is 2.23. The van der Waals surface area contributed by atoms with Crippen LogP contribution in [0.2, 0.25) is 0 Å². The summed E-state index contributed by atoms with van der Waals surface area (Å²) in [5.74, 6) is 0.334. The minimum absolute atomic E-state index is 0.175. The Morgan fingerprint density at radius 1 is 1.19 bits per heavy atom. The number of sulfonamides is 1. The Morgan fingerprint density at radius 2 is 1.85 bits per heavy atom. The number of hydrogen-bond donors (Lipinski definition) is 1. The van der Waals surface area contributed by atoms with Gasteiger partial charge < -0.3 is 5.32 Å². The van der Waals surface area contributed by atoms with Gasteiger partial charge in [0, 0.05) is 12.7 Å². The van der Waals surface area contributed by atoms with Gasteiger partial charge in [-0.2, -0.15) is 4.31 Å². The molecule has 1 amide bonds. The second-order valence-corrected chi connectivity index (χ2v) is 8.40. The lowest BCUT2D eigenvalue weighted by atomic mass is 9.99. The molecule has 0 aliphatic rings. The molecule has 6 nitrogen and oxygen atoms in total. The Balaban J connectivity index is 2.07. The average molecular weight is 375 g/mol. The zero-order valence-corrected chi connectivity index (χ0v) is 16.4. The van der Waals surface area contributed by atoms with Crippen molar-refractivity contribution in [3.63, 3.8) is 0 Å². The maximum atomic E-state index is 12.7. The van der Waals surface area contributed by atoms with E-state index in [9.17, 15) is 13.2 Å². The zero-order valence-electron chi connectivity index (χ0n) is 15.6. The van der Waals surface area contributed by atoms with Crippen LogP contribution >= 0.6 is 0 Å². The Bertz CT molecular complexity index is 864. The fraction of sp³-hybridized carbons (Fsp3) is 0.368. The molecule has 1 N–H and O–H groups in total. The molecule has 0 saturated heterocycles. The van der Waals surface area contributed by atoms with Gasteiger partial charge in [-0.05, 0) is 49.1 Å². The zero-order chi connectivity index (χ0) is 19.3. The first-order chi connectivity index (χ1) is 12.2. The number of amides is 1. The Kier molecular flexibility index (Phi) is 6.50. The number of carbonyl (C=O) groups excluding carboxylic acids is 1. The molecular weight excluding hydrogens is 350 g/mol. The van der Waals surface area contributed by atoms with E-state index >= 15 is 0 Å². The normalized spacial score (nSPS) is 12.8. The first kappa shape index (κ1) is 20.1. The molecule has 0 aliphatic heterocycles. The predicted molar refractivity (Wildman–Crippen MR) is 103 cm³/mol. The van der Waals surface area contributed by atoms with E-state index in [4.69, 9.17) is 0 Å². The Labute approximate surface area is 155 Å². The van der Waals surface area contributed by atoms with Crippen molar-refractivity contribution in [2.75, 3.05) is 18.9 Å². The molecule has 0 bridgehead atoms. The van der Waals surface area contributed by atoms with Crippen molar-refractivity contribution in [2.45, 2.75) is 38.0 Å². The van der Waals surface area contributed by atoms with Crippen LogP contribution in [-0.2, 0) is 14.8 Å². The molecule has 1 heterocycles. The van der Waals surface area contributed by atoms with E-state index in [1.807, 2.05) is 25.1 Å². The van der Waals surface area contributed by atoms with E-state index in [0.29, 0.717) is 11.7 Å². The van der Waals surface area contributed by atoms with Gasteiger partial charge in [-0.15, -0.1) is 0 Å². The quantitative estimate of drug-likeness (QED) is 0.806. The summed E-state index contributed by atoms with van der Waals surface area (Å²) in [6.45, 7) is 5.71. The highest BCUT2D eigenvalue weighted by atomic mass is 32.2. The highest BCUT2D eigenvalue weighted by molar-refractivity contribution is 7.89. The molecule has 140 valence electrons. The molecule has 0 fully saturated rings. The molecule has 0 radical (unpaired) electrons. The van der Waals surface area contributed by atoms with Gasteiger partial charge in [0.2, 0.25) is 15.9 Å². The third kappa shape index (κ3) is 4.89. The molecular formula is C19H25N3O3S. The fourth-order valence-electron chi connectivity index (χ4n) is 2.47. The predicted octanol–water partition coefficient (Wildman–Crippen LogP) is 3.16. The number of nitrogens with zero attached hydrogens (tertiary/aromatic N) is 2. The second-order valence-electron chi connectivity index (χ2n) is 6.35. The standard InChI is InChI=1S/C19H25N3O3S/c1-5-14(2)16-9-11-17(12-10-16)26(24,25)22(4)13-19(23)21-18-8-6-7-15(3)20-18/h6-12,14H,5,13H2,1-4H3,(H,20,21,23). The van der Waals surface area contributed by atoms with Crippen molar-refractivity contribution in [3.05, 3.63) is 53.7 Å². The van der Waals surface area contributed by atoms with Crippen molar-refractivity contribution >= 4 is 21.7 Å². The Hall–Kier alpha value is -2.25. The van der Waals surface area contributed by atoms with Crippen LogP contribution in [0.25, 0.3) is 0 Å². The molecule has 1 atom stereocenters. The lowest BCUT2D eigenvalue weighted by Crippen LogP contribution is -2.35. The number of nitrogens with one attached hydrogen (secondary N) is 1.